The Balaban J connectivity index is 2.60. The maximum absolute atomic E-state index is 3.77. The number of hydrogen-bond acceptors (Lipinski definition) is 0. The molecule has 0 atom stereocenters. The monoisotopic (exact) mass is 233 g/mol. The SMILES string of the molecule is CC(C)(C)c1[nH]c(C(C)(C)C)c2c1CCCC2. The summed E-state index contributed by atoms with van der Waals surface area (Å²) in [5.74, 6) is 0. The number of aromatic nitrogens is 1. The number of hydrogen-bond donors (Lipinski definition) is 1. The molecule has 0 bridgehead atoms. The molecule has 0 fully saturated rings. The van der Waals surface area contributed by atoms with Crippen LogP contribution in [0.25, 0.3) is 0 Å². The predicted molar refractivity (Wildman–Crippen MR) is 74.8 cm³/mol. The number of rotatable bonds is 0. The topological polar surface area (TPSA) is 15.8 Å². The summed E-state index contributed by atoms with van der Waals surface area (Å²) in [5, 5.41) is 0. The quantitative estimate of drug-likeness (QED) is 0.679. The Morgan fingerprint density at radius 3 is 1.35 bits per heavy atom. The molecule has 0 saturated heterocycles. The maximum Gasteiger partial charge on any atom is 0.0239 e. The van der Waals surface area contributed by atoms with E-state index in [2.05, 4.69) is 46.5 Å². The van der Waals surface area contributed by atoms with Crippen LogP contribution in [0.3, 0.4) is 0 Å². The van der Waals surface area contributed by atoms with Crippen molar-refractivity contribution in [3.8, 4) is 0 Å². The molecular formula is C16H27N. The van der Waals surface area contributed by atoms with Crippen LogP contribution in [-0.4, -0.2) is 4.98 Å². The van der Waals surface area contributed by atoms with Gasteiger partial charge in [0.05, 0.1) is 0 Å². The average Bonchev–Trinajstić information content (AvgIpc) is 2.55. The van der Waals surface area contributed by atoms with Crippen LogP contribution < -0.4 is 0 Å². The molecule has 0 aliphatic heterocycles. The number of fused-ring (bicyclic) bond motifs is 1. The van der Waals surface area contributed by atoms with Crippen molar-refractivity contribution >= 4 is 0 Å². The third-order valence-electron chi connectivity index (χ3n) is 3.82. The van der Waals surface area contributed by atoms with Gasteiger partial charge in [-0.25, -0.2) is 0 Å². The highest BCUT2D eigenvalue weighted by molar-refractivity contribution is 5.44. The van der Waals surface area contributed by atoms with Crippen molar-refractivity contribution in [3.63, 3.8) is 0 Å². The molecule has 96 valence electrons. The Bertz CT molecular complexity index is 371. The van der Waals surface area contributed by atoms with E-state index in [1.807, 2.05) is 0 Å². The minimum Gasteiger partial charge on any atom is -0.361 e. The molecule has 1 N–H and O–H groups in total. The Labute approximate surface area is 106 Å². The summed E-state index contributed by atoms with van der Waals surface area (Å²) in [6, 6.07) is 0. The van der Waals surface area contributed by atoms with Gasteiger partial charge < -0.3 is 4.98 Å². The summed E-state index contributed by atoms with van der Waals surface area (Å²) in [7, 11) is 0. The Morgan fingerprint density at radius 2 is 1.06 bits per heavy atom. The van der Waals surface area contributed by atoms with Gasteiger partial charge in [0.15, 0.2) is 0 Å². The van der Waals surface area contributed by atoms with E-state index >= 15 is 0 Å². The molecule has 1 aliphatic rings. The first-order valence-corrected chi connectivity index (χ1v) is 6.96. The molecule has 1 heteroatoms. The lowest BCUT2D eigenvalue weighted by Gasteiger charge is -2.22. The van der Waals surface area contributed by atoms with E-state index in [1.54, 1.807) is 11.1 Å². The molecule has 1 nitrogen and oxygen atoms in total. The highest BCUT2D eigenvalue weighted by Gasteiger charge is 2.30. The van der Waals surface area contributed by atoms with Crippen LogP contribution in [0.5, 0.6) is 0 Å². The zero-order valence-corrected chi connectivity index (χ0v) is 12.3. The molecule has 0 radical (unpaired) electrons. The van der Waals surface area contributed by atoms with Crippen LogP contribution >= 0.6 is 0 Å². The smallest absolute Gasteiger partial charge is 0.0239 e. The van der Waals surface area contributed by atoms with Crippen LogP contribution in [-0.2, 0) is 23.7 Å². The summed E-state index contributed by atoms with van der Waals surface area (Å²) < 4.78 is 0. The standard InChI is InChI=1S/C16H27N/c1-15(2,3)13-11-9-7-8-10-12(11)14(17-13)16(4,5)6/h17H,7-10H2,1-6H3. The molecule has 17 heavy (non-hydrogen) atoms. The van der Waals surface area contributed by atoms with Gasteiger partial charge >= 0.3 is 0 Å². The van der Waals surface area contributed by atoms with E-state index in [1.165, 1.54) is 37.1 Å². The van der Waals surface area contributed by atoms with Crippen LogP contribution in [0.15, 0.2) is 0 Å². The van der Waals surface area contributed by atoms with Crippen molar-refractivity contribution in [2.75, 3.05) is 0 Å². The van der Waals surface area contributed by atoms with Gasteiger partial charge in [-0.05, 0) is 36.8 Å². The summed E-state index contributed by atoms with van der Waals surface area (Å²) in [6.07, 6.45) is 5.26. The van der Waals surface area contributed by atoms with E-state index in [-0.39, 0.29) is 10.8 Å². The summed E-state index contributed by atoms with van der Waals surface area (Å²) in [6.45, 7) is 13.9. The van der Waals surface area contributed by atoms with Gasteiger partial charge in [0.25, 0.3) is 0 Å². The second-order valence-corrected chi connectivity index (χ2v) is 7.54. The van der Waals surface area contributed by atoms with E-state index in [9.17, 15) is 0 Å². The number of nitrogens with one attached hydrogen (secondary N) is 1. The summed E-state index contributed by atoms with van der Waals surface area (Å²) in [4.78, 5) is 3.77. The summed E-state index contributed by atoms with van der Waals surface area (Å²) in [5.41, 5.74) is 6.71. The Morgan fingerprint density at radius 1 is 0.706 bits per heavy atom. The lowest BCUT2D eigenvalue weighted by Crippen LogP contribution is -2.16. The van der Waals surface area contributed by atoms with Gasteiger partial charge in [0.2, 0.25) is 0 Å². The lowest BCUT2D eigenvalue weighted by atomic mass is 9.81. The Kier molecular flexibility index (Phi) is 2.92. The van der Waals surface area contributed by atoms with E-state index in [0.717, 1.165) is 0 Å². The van der Waals surface area contributed by atoms with Gasteiger partial charge in [-0.2, -0.15) is 0 Å². The van der Waals surface area contributed by atoms with Crippen LogP contribution in [0.1, 0.15) is 76.9 Å². The van der Waals surface area contributed by atoms with Crippen LogP contribution in [0, 0.1) is 0 Å². The fraction of sp³-hybridized carbons (Fsp3) is 0.750. The number of aromatic amines is 1. The highest BCUT2D eigenvalue weighted by atomic mass is 14.8. The van der Waals surface area contributed by atoms with Crippen molar-refractivity contribution in [3.05, 3.63) is 22.5 Å². The zero-order chi connectivity index (χ0) is 12.8. The van der Waals surface area contributed by atoms with Gasteiger partial charge in [0, 0.05) is 22.2 Å². The van der Waals surface area contributed by atoms with Gasteiger partial charge in [-0.3, -0.25) is 0 Å². The molecule has 2 rings (SSSR count). The van der Waals surface area contributed by atoms with Crippen molar-refractivity contribution in [2.24, 2.45) is 0 Å². The molecule has 0 saturated carbocycles. The molecule has 1 aromatic rings. The van der Waals surface area contributed by atoms with Gasteiger partial charge in [-0.15, -0.1) is 0 Å². The number of H-pyrrole nitrogens is 1. The molecule has 1 heterocycles. The minimum absolute atomic E-state index is 0.241. The normalized spacial score (nSPS) is 17.1. The molecule has 1 aromatic heterocycles. The summed E-state index contributed by atoms with van der Waals surface area (Å²) >= 11 is 0. The third kappa shape index (κ3) is 2.29. The fourth-order valence-corrected chi connectivity index (χ4v) is 3.01. The Hall–Kier alpha value is -0.720. The van der Waals surface area contributed by atoms with Crippen molar-refractivity contribution < 1.29 is 0 Å². The zero-order valence-electron chi connectivity index (χ0n) is 12.3. The minimum atomic E-state index is 0.241. The predicted octanol–water partition coefficient (Wildman–Crippen LogP) is 4.49. The molecular weight excluding hydrogens is 206 g/mol. The maximum atomic E-state index is 3.77. The van der Waals surface area contributed by atoms with Crippen molar-refractivity contribution in [1.82, 2.24) is 4.98 Å². The lowest BCUT2D eigenvalue weighted by molar-refractivity contribution is 0.540. The molecule has 0 spiro atoms. The molecule has 1 aliphatic carbocycles. The van der Waals surface area contributed by atoms with Gasteiger partial charge in [0.1, 0.15) is 0 Å². The van der Waals surface area contributed by atoms with E-state index < -0.39 is 0 Å². The van der Waals surface area contributed by atoms with Crippen molar-refractivity contribution in [2.45, 2.75) is 78.1 Å². The van der Waals surface area contributed by atoms with E-state index in [4.69, 9.17) is 0 Å². The second kappa shape index (κ2) is 3.90. The highest BCUT2D eigenvalue weighted by Crippen LogP contribution is 2.38. The van der Waals surface area contributed by atoms with Gasteiger partial charge in [-0.1, -0.05) is 41.5 Å². The van der Waals surface area contributed by atoms with Crippen molar-refractivity contribution in [1.29, 1.82) is 0 Å². The molecule has 0 amide bonds. The van der Waals surface area contributed by atoms with Crippen LogP contribution in [0.4, 0.5) is 0 Å². The second-order valence-electron chi connectivity index (χ2n) is 7.54. The third-order valence-corrected chi connectivity index (χ3v) is 3.82. The van der Waals surface area contributed by atoms with Crippen LogP contribution in [0.2, 0.25) is 0 Å². The first-order chi connectivity index (χ1) is 7.71. The average molecular weight is 233 g/mol. The largest absolute Gasteiger partial charge is 0.361 e. The first kappa shape index (κ1) is 12.7. The fourth-order valence-electron chi connectivity index (χ4n) is 3.01. The molecule has 0 aromatic carbocycles. The van der Waals surface area contributed by atoms with E-state index in [0.29, 0.717) is 0 Å². The molecule has 0 unspecified atom stereocenters. The first-order valence-electron chi connectivity index (χ1n) is 6.96.